The van der Waals surface area contributed by atoms with Gasteiger partial charge < -0.3 is 9.52 Å². The van der Waals surface area contributed by atoms with Gasteiger partial charge >= 0.3 is 5.76 Å². The van der Waals surface area contributed by atoms with Crippen molar-refractivity contribution in [2.24, 2.45) is 7.05 Å². The van der Waals surface area contributed by atoms with Crippen molar-refractivity contribution in [3.05, 3.63) is 56.7 Å². The van der Waals surface area contributed by atoms with E-state index in [9.17, 15) is 9.90 Å². The molecule has 0 saturated carbocycles. The molecule has 0 aliphatic rings. The largest absolute Gasteiger partial charge is 0.419 e. The van der Waals surface area contributed by atoms with Gasteiger partial charge in [-0.2, -0.15) is 0 Å². The second-order valence-corrected chi connectivity index (χ2v) is 6.92. The first kappa shape index (κ1) is 12.8. The third-order valence-electron chi connectivity index (χ3n) is 3.56. The molecule has 0 aliphatic carbocycles. The van der Waals surface area contributed by atoms with Crippen LogP contribution in [-0.4, -0.2) is 9.67 Å². The second-order valence-electron chi connectivity index (χ2n) is 4.85. The van der Waals surface area contributed by atoms with E-state index in [0.717, 1.165) is 16.0 Å². The molecule has 0 bridgehead atoms. The highest BCUT2D eigenvalue weighted by molar-refractivity contribution is 7.26. The minimum atomic E-state index is -0.704. The molecule has 21 heavy (non-hydrogen) atoms. The number of aliphatic hydroxyl groups is 1. The molecular weight excluding hydrogens is 306 g/mol. The second kappa shape index (κ2) is 4.56. The SMILES string of the molecule is Cn1c(=O)oc2cc(C(O)c3cc4sccc4s3)ccc21. The Bertz CT molecular complexity index is 976. The maximum absolute atomic E-state index is 11.5. The lowest BCUT2D eigenvalue weighted by Crippen LogP contribution is -2.08. The van der Waals surface area contributed by atoms with E-state index in [1.165, 1.54) is 14.0 Å². The summed E-state index contributed by atoms with van der Waals surface area (Å²) in [6.07, 6.45) is -0.704. The van der Waals surface area contributed by atoms with Gasteiger partial charge in [0.15, 0.2) is 5.58 Å². The van der Waals surface area contributed by atoms with Crippen LogP contribution in [0.5, 0.6) is 0 Å². The minimum Gasteiger partial charge on any atom is -0.408 e. The third-order valence-corrected chi connectivity index (χ3v) is 5.71. The minimum absolute atomic E-state index is 0.395. The smallest absolute Gasteiger partial charge is 0.408 e. The number of rotatable bonds is 2. The number of aryl methyl sites for hydroxylation is 1. The number of hydrogen-bond acceptors (Lipinski definition) is 5. The highest BCUT2D eigenvalue weighted by Gasteiger charge is 2.16. The fourth-order valence-corrected chi connectivity index (χ4v) is 4.54. The van der Waals surface area contributed by atoms with Crippen LogP contribution in [0.4, 0.5) is 0 Å². The Morgan fingerprint density at radius 2 is 2.10 bits per heavy atom. The number of oxazole rings is 1. The monoisotopic (exact) mass is 317 g/mol. The van der Waals surface area contributed by atoms with E-state index in [1.807, 2.05) is 17.5 Å². The van der Waals surface area contributed by atoms with Crippen LogP contribution in [0.15, 0.2) is 44.9 Å². The van der Waals surface area contributed by atoms with Crippen LogP contribution in [0.2, 0.25) is 0 Å². The fourth-order valence-electron chi connectivity index (χ4n) is 2.40. The van der Waals surface area contributed by atoms with Crippen molar-refractivity contribution in [1.29, 1.82) is 0 Å². The van der Waals surface area contributed by atoms with Crippen LogP contribution < -0.4 is 5.76 Å². The summed E-state index contributed by atoms with van der Waals surface area (Å²) in [5.74, 6) is -0.395. The maximum atomic E-state index is 11.5. The van der Waals surface area contributed by atoms with E-state index in [4.69, 9.17) is 4.42 Å². The fraction of sp³-hybridized carbons (Fsp3) is 0.133. The van der Waals surface area contributed by atoms with Crippen LogP contribution in [0.3, 0.4) is 0 Å². The molecule has 0 fully saturated rings. The summed E-state index contributed by atoms with van der Waals surface area (Å²) in [6, 6.07) is 9.43. The molecule has 3 heterocycles. The molecule has 0 spiro atoms. The number of aliphatic hydroxyl groups excluding tert-OH is 1. The molecule has 4 aromatic rings. The molecule has 0 aliphatic heterocycles. The van der Waals surface area contributed by atoms with E-state index in [2.05, 4.69) is 6.07 Å². The summed E-state index contributed by atoms with van der Waals surface area (Å²) in [6.45, 7) is 0. The number of nitrogens with zero attached hydrogens (tertiary/aromatic N) is 1. The Kier molecular flexibility index (Phi) is 2.78. The predicted octanol–water partition coefficient (Wildman–Crippen LogP) is 3.49. The van der Waals surface area contributed by atoms with Gasteiger partial charge in [-0.05, 0) is 35.2 Å². The first-order chi connectivity index (χ1) is 10.1. The molecule has 3 aromatic heterocycles. The number of hydrogen-bond donors (Lipinski definition) is 1. The van der Waals surface area contributed by atoms with Crippen molar-refractivity contribution in [3.8, 4) is 0 Å². The molecule has 1 unspecified atom stereocenters. The van der Waals surface area contributed by atoms with Gasteiger partial charge in [0.1, 0.15) is 6.10 Å². The zero-order valence-electron chi connectivity index (χ0n) is 11.1. The van der Waals surface area contributed by atoms with Gasteiger partial charge in [-0.1, -0.05) is 6.07 Å². The summed E-state index contributed by atoms with van der Waals surface area (Å²) in [7, 11) is 1.66. The Hall–Kier alpha value is -1.89. The number of aromatic nitrogens is 1. The van der Waals surface area contributed by atoms with Gasteiger partial charge in [0.2, 0.25) is 0 Å². The number of benzene rings is 1. The van der Waals surface area contributed by atoms with Crippen molar-refractivity contribution < 1.29 is 9.52 Å². The summed E-state index contributed by atoms with van der Waals surface area (Å²) < 4.78 is 8.99. The Morgan fingerprint density at radius 3 is 2.90 bits per heavy atom. The maximum Gasteiger partial charge on any atom is 0.419 e. The van der Waals surface area contributed by atoms with Gasteiger partial charge in [-0.15, -0.1) is 22.7 Å². The van der Waals surface area contributed by atoms with Crippen molar-refractivity contribution >= 4 is 43.2 Å². The van der Waals surface area contributed by atoms with Crippen LogP contribution in [0.1, 0.15) is 16.5 Å². The van der Waals surface area contributed by atoms with Crippen molar-refractivity contribution in [2.75, 3.05) is 0 Å². The van der Waals surface area contributed by atoms with Crippen LogP contribution >= 0.6 is 22.7 Å². The Morgan fingerprint density at radius 1 is 1.24 bits per heavy atom. The van der Waals surface area contributed by atoms with Gasteiger partial charge in [0.25, 0.3) is 0 Å². The molecule has 1 N–H and O–H groups in total. The van der Waals surface area contributed by atoms with E-state index in [0.29, 0.717) is 5.58 Å². The lowest BCUT2D eigenvalue weighted by Gasteiger charge is -2.08. The molecule has 4 rings (SSSR count). The van der Waals surface area contributed by atoms with Gasteiger partial charge in [-0.3, -0.25) is 4.57 Å². The lowest BCUT2D eigenvalue weighted by molar-refractivity contribution is 0.224. The summed E-state index contributed by atoms with van der Waals surface area (Å²) >= 11 is 3.25. The molecule has 1 atom stereocenters. The number of fused-ring (bicyclic) bond motifs is 2. The molecule has 0 saturated heterocycles. The molecule has 4 nitrogen and oxygen atoms in total. The van der Waals surface area contributed by atoms with Crippen molar-refractivity contribution in [3.63, 3.8) is 0 Å². The normalized spacial score (nSPS) is 13.2. The standard InChI is InChI=1S/C15H11NO3S2/c1-16-9-3-2-8(6-10(9)19-15(16)18)14(17)13-7-12-11(21-13)4-5-20-12/h2-7,14,17H,1H3. The highest BCUT2D eigenvalue weighted by Crippen LogP contribution is 2.36. The topological polar surface area (TPSA) is 55.4 Å². The number of thiophene rings is 2. The first-order valence-electron chi connectivity index (χ1n) is 6.38. The van der Waals surface area contributed by atoms with Gasteiger partial charge in [0, 0.05) is 21.3 Å². The molecule has 1 aromatic carbocycles. The van der Waals surface area contributed by atoms with Crippen molar-refractivity contribution in [1.82, 2.24) is 4.57 Å². The zero-order chi connectivity index (χ0) is 14.6. The first-order valence-corrected chi connectivity index (χ1v) is 8.07. The van der Waals surface area contributed by atoms with Crippen LogP contribution in [0.25, 0.3) is 20.5 Å². The molecule has 0 amide bonds. The summed E-state index contributed by atoms with van der Waals surface area (Å²) in [4.78, 5) is 12.4. The molecule has 6 heteroatoms. The van der Waals surface area contributed by atoms with Crippen molar-refractivity contribution in [2.45, 2.75) is 6.10 Å². The summed E-state index contributed by atoms with van der Waals surface area (Å²) in [5, 5.41) is 12.6. The molecule has 106 valence electrons. The molecular formula is C15H11NO3S2. The Labute approximate surface area is 127 Å². The average molecular weight is 317 g/mol. The quantitative estimate of drug-likeness (QED) is 0.616. The van der Waals surface area contributed by atoms with E-state index < -0.39 is 11.9 Å². The predicted molar refractivity (Wildman–Crippen MR) is 85.2 cm³/mol. The van der Waals surface area contributed by atoms with Crippen LogP contribution in [-0.2, 0) is 7.05 Å². The lowest BCUT2D eigenvalue weighted by atomic mass is 10.1. The average Bonchev–Trinajstić information content (AvgIpc) is 3.12. The van der Waals surface area contributed by atoms with Gasteiger partial charge in [-0.25, -0.2) is 4.79 Å². The van der Waals surface area contributed by atoms with E-state index >= 15 is 0 Å². The highest BCUT2D eigenvalue weighted by atomic mass is 32.1. The Balaban J connectivity index is 1.81. The zero-order valence-corrected chi connectivity index (χ0v) is 12.7. The van der Waals surface area contributed by atoms with Crippen LogP contribution in [0, 0.1) is 0 Å². The summed E-state index contributed by atoms with van der Waals surface area (Å²) in [5.41, 5.74) is 1.95. The third kappa shape index (κ3) is 1.95. The van der Waals surface area contributed by atoms with Gasteiger partial charge in [0.05, 0.1) is 5.52 Å². The van der Waals surface area contributed by atoms with E-state index in [-0.39, 0.29) is 0 Å². The van der Waals surface area contributed by atoms with E-state index in [1.54, 1.807) is 41.9 Å². The molecule has 0 radical (unpaired) electrons.